The molecule has 5 nitrogen and oxygen atoms in total. The number of carbonyl (C=O) groups is 1. The van der Waals surface area contributed by atoms with Gasteiger partial charge in [0.05, 0.1) is 5.69 Å². The molecule has 0 fully saturated rings. The minimum absolute atomic E-state index is 0.0132. The largest absolute Gasteiger partial charge is 0.492 e. The minimum Gasteiger partial charge on any atom is -0.492 e. The fourth-order valence-electron chi connectivity index (χ4n) is 4.00. The van der Waals surface area contributed by atoms with Gasteiger partial charge < -0.3 is 10.1 Å². The molecule has 1 aliphatic heterocycles. The minimum atomic E-state index is -0.435. The zero-order valence-corrected chi connectivity index (χ0v) is 18.3. The van der Waals surface area contributed by atoms with Crippen LogP contribution in [0.1, 0.15) is 37.9 Å². The van der Waals surface area contributed by atoms with Crippen LogP contribution in [-0.2, 0) is 11.3 Å². The molecule has 0 saturated heterocycles. The maximum absolute atomic E-state index is 13.5. The van der Waals surface area contributed by atoms with Crippen molar-refractivity contribution in [2.24, 2.45) is 0 Å². The van der Waals surface area contributed by atoms with E-state index in [1.54, 1.807) is 0 Å². The van der Waals surface area contributed by atoms with Gasteiger partial charge in [0.2, 0.25) is 5.91 Å². The Bertz CT molecular complexity index is 1040. The van der Waals surface area contributed by atoms with Crippen LogP contribution in [0.25, 0.3) is 11.3 Å². The Kier molecular flexibility index (Phi) is 6.05. The number of ether oxygens (including phenoxy) is 1. The lowest BCUT2D eigenvalue weighted by Crippen LogP contribution is -2.47. The van der Waals surface area contributed by atoms with Crippen LogP contribution in [0.5, 0.6) is 5.75 Å². The number of hydrogen-bond acceptors (Lipinski definition) is 4. The summed E-state index contributed by atoms with van der Waals surface area (Å²) in [5.74, 6) is 0.762. The Morgan fingerprint density at radius 3 is 2.58 bits per heavy atom. The average molecular weight is 416 g/mol. The van der Waals surface area contributed by atoms with Crippen LogP contribution in [0.3, 0.4) is 0 Å². The number of nitrogens with zero attached hydrogens (tertiary/aromatic N) is 2. The van der Waals surface area contributed by atoms with Crippen molar-refractivity contribution in [3.8, 4) is 17.0 Å². The summed E-state index contributed by atoms with van der Waals surface area (Å²) >= 11 is 0. The van der Waals surface area contributed by atoms with Crippen LogP contribution >= 0.6 is 0 Å². The van der Waals surface area contributed by atoms with Gasteiger partial charge in [-0.15, -0.1) is 0 Å². The maximum atomic E-state index is 13.5. The van der Waals surface area contributed by atoms with E-state index >= 15 is 0 Å². The van der Waals surface area contributed by atoms with Gasteiger partial charge >= 0.3 is 0 Å². The third kappa shape index (κ3) is 4.94. The van der Waals surface area contributed by atoms with Crippen LogP contribution in [0.2, 0.25) is 0 Å². The van der Waals surface area contributed by atoms with E-state index in [9.17, 15) is 4.79 Å². The van der Waals surface area contributed by atoms with E-state index in [1.807, 2.05) is 81.6 Å². The lowest BCUT2D eigenvalue weighted by molar-refractivity contribution is -0.128. The molecule has 1 unspecified atom stereocenters. The van der Waals surface area contributed by atoms with Gasteiger partial charge in [0.1, 0.15) is 18.4 Å². The van der Waals surface area contributed by atoms with Crippen molar-refractivity contribution in [2.45, 2.75) is 38.9 Å². The van der Waals surface area contributed by atoms with Crippen LogP contribution in [0.4, 0.5) is 0 Å². The average Bonchev–Trinajstić information content (AvgIpc) is 2.92. The van der Waals surface area contributed by atoms with Gasteiger partial charge in [0, 0.05) is 36.0 Å². The SMILES string of the molecule is CC(C)(C)NC(=O)C1c2ccccc2OCCN1Cc1ccccc1-c1ccccn1. The Morgan fingerprint density at radius 2 is 1.81 bits per heavy atom. The van der Waals surface area contributed by atoms with Crippen molar-refractivity contribution in [3.63, 3.8) is 0 Å². The van der Waals surface area contributed by atoms with Crippen LogP contribution in [0.15, 0.2) is 72.9 Å². The molecule has 1 atom stereocenters. The lowest BCUT2D eigenvalue weighted by Gasteiger charge is -2.32. The van der Waals surface area contributed by atoms with E-state index in [4.69, 9.17) is 4.74 Å². The van der Waals surface area contributed by atoms with E-state index in [0.29, 0.717) is 19.7 Å². The second kappa shape index (κ2) is 8.90. The van der Waals surface area contributed by atoms with E-state index in [-0.39, 0.29) is 11.4 Å². The van der Waals surface area contributed by atoms with E-state index in [0.717, 1.165) is 28.1 Å². The van der Waals surface area contributed by atoms with Crippen molar-refractivity contribution in [2.75, 3.05) is 13.2 Å². The number of benzene rings is 2. The van der Waals surface area contributed by atoms with E-state index in [1.165, 1.54) is 0 Å². The molecule has 1 aliphatic rings. The number of hydrogen-bond donors (Lipinski definition) is 1. The molecule has 1 amide bonds. The number of pyridine rings is 1. The highest BCUT2D eigenvalue weighted by atomic mass is 16.5. The third-order valence-electron chi connectivity index (χ3n) is 5.29. The van der Waals surface area contributed by atoms with Gasteiger partial charge in [-0.2, -0.15) is 0 Å². The number of carbonyl (C=O) groups excluding carboxylic acids is 1. The van der Waals surface area contributed by atoms with Crippen molar-refractivity contribution in [1.82, 2.24) is 15.2 Å². The van der Waals surface area contributed by atoms with Gasteiger partial charge in [0.15, 0.2) is 0 Å². The van der Waals surface area contributed by atoms with Crippen molar-refractivity contribution >= 4 is 5.91 Å². The number of rotatable bonds is 4. The molecular formula is C26H29N3O2. The normalized spacial score (nSPS) is 16.7. The Balaban J connectivity index is 1.72. The standard InChI is InChI=1S/C26H29N3O2/c1-26(2,3)28-25(30)24-21-12-6-7-14-23(21)31-17-16-29(24)18-19-10-4-5-11-20(19)22-13-8-9-15-27-22/h4-15,24H,16-18H2,1-3H3,(H,28,30). The quantitative estimate of drug-likeness (QED) is 0.677. The molecule has 160 valence electrons. The molecule has 4 rings (SSSR count). The Labute approximate surface area is 184 Å². The highest BCUT2D eigenvalue weighted by molar-refractivity contribution is 5.84. The van der Waals surface area contributed by atoms with Crippen molar-refractivity contribution in [1.29, 1.82) is 0 Å². The number of aromatic nitrogens is 1. The first-order chi connectivity index (χ1) is 14.9. The first-order valence-corrected chi connectivity index (χ1v) is 10.7. The molecule has 1 N–H and O–H groups in total. The second-order valence-corrected chi connectivity index (χ2v) is 8.87. The number of amides is 1. The predicted molar refractivity (Wildman–Crippen MR) is 123 cm³/mol. The molecule has 3 aromatic rings. The summed E-state index contributed by atoms with van der Waals surface area (Å²) in [7, 11) is 0. The predicted octanol–water partition coefficient (Wildman–Crippen LogP) is 4.60. The first-order valence-electron chi connectivity index (χ1n) is 10.7. The summed E-state index contributed by atoms with van der Waals surface area (Å²) in [4.78, 5) is 20.2. The van der Waals surface area contributed by atoms with Gasteiger partial charge in [-0.3, -0.25) is 14.7 Å². The fraction of sp³-hybridized carbons (Fsp3) is 0.308. The molecular weight excluding hydrogens is 386 g/mol. The fourth-order valence-corrected chi connectivity index (χ4v) is 4.00. The van der Waals surface area contributed by atoms with Crippen LogP contribution in [0, 0.1) is 0 Å². The Morgan fingerprint density at radius 1 is 1.06 bits per heavy atom. The summed E-state index contributed by atoms with van der Waals surface area (Å²) in [6.07, 6.45) is 1.81. The van der Waals surface area contributed by atoms with Gasteiger partial charge in [-0.05, 0) is 44.5 Å². The van der Waals surface area contributed by atoms with Gasteiger partial charge in [-0.25, -0.2) is 0 Å². The molecule has 0 spiro atoms. The number of fused-ring (bicyclic) bond motifs is 1. The second-order valence-electron chi connectivity index (χ2n) is 8.87. The molecule has 0 aliphatic carbocycles. The maximum Gasteiger partial charge on any atom is 0.242 e. The molecule has 2 aromatic carbocycles. The molecule has 0 saturated carbocycles. The number of nitrogens with one attached hydrogen (secondary N) is 1. The van der Waals surface area contributed by atoms with Crippen molar-refractivity contribution < 1.29 is 9.53 Å². The van der Waals surface area contributed by atoms with Gasteiger partial charge in [0.25, 0.3) is 0 Å². The van der Waals surface area contributed by atoms with E-state index in [2.05, 4.69) is 27.3 Å². The summed E-state index contributed by atoms with van der Waals surface area (Å²) in [5.41, 5.74) is 3.72. The van der Waals surface area contributed by atoms with Crippen LogP contribution < -0.4 is 10.1 Å². The summed E-state index contributed by atoms with van der Waals surface area (Å²) in [6.45, 7) is 7.81. The zero-order chi connectivity index (χ0) is 21.8. The molecule has 31 heavy (non-hydrogen) atoms. The lowest BCUT2D eigenvalue weighted by atomic mass is 9.98. The number of para-hydroxylation sites is 1. The summed E-state index contributed by atoms with van der Waals surface area (Å²) in [6, 6.07) is 21.6. The topological polar surface area (TPSA) is 54.5 Å². The highest BCUT2D eigenvalue weighted by Gasteiger charge is 2.34. The van der Waals surface area contributed by atoms with Gasteiger partial charge in [-0.1, -0.05) is 48.5 Å². The molecule has 5 heteroatoms. The molecule has 1 aromatic heterocycles. The molecule has 0 radical (unpaired) electrons. The smallest absolute Gasteiger partial charge is 0.242 e. The Hall–Kier alpha value is -3.18. The monoisotopic (exact) mass is 415 g/mol. The summed E-state index contributed by atoms with van der Waals surface area (Å²) in [5, 5.41) is 3.17. The molecule has 2 heterocycles. The zero-order valence-electron chi connectivity index (χ0n) is 18.3. The van der Waals surface area contributed by atoms with E-state index < -0.39 is 6.04 Å². The van der Waals surface area contributed by atoms with Crippen molar-refractivity contribution in [3.05, 3.63) is 84.1 Å². The van der Waals surface area contributed by atoms with Crippen LogP contribution in [-0.4, -0.2) is 34.5 Å². The first kappa shape index (κ1) is 21.1. The highest BCUT2D eigenvalue weighted by Crippen LogP contribution is 2.34. The third-order valence-corrected chi connectivity index (χ3v) is 5.29. The summed E-state index contributed by atoms with van der Waals surface area (Å²) < 4.78 is 6.01. The molecule has 0 bridgehead atoms.